The molecule has 0 spiro atoms. The molecular weight excluding hydrogens is 637 g/mol. The summed E-state index contributed by atoms with van der Waals surface area (Å²) in [5.74, 6) is -0.331. The lowest BCUT2D eigenvalue weighted by atomic mass is 10.0. The predicted molar refractivity (Wildman–Crippen MR) is 204 cm³/mol. The zero-order valence-corrected chi connectivity index (χ0v) is 34.1. The third kappa shape index (κ3) is 38.6. The quantitative estimate of drug-likeness (QED) is 0.0270. The van der Waals surface area contributed by atoms with Crippen LogP contribution in [0, 0.1) is 0 Å². The largest absolute Gasteiger partial charge is 0.756 e. The number of carbonyl (C=O) groups excluding carboxylic acids is 1. The van der Waals surface area contributed by atoms with Crippen LogP contribution >= 0.6 is 7.82 Å². The van der Waals surface area contributed by atoms with Gasteiger partial charge in [0.05, 0.1) is 34.4 Å². The Labute approximate surface area is 304 Å². The number of phosphoric acid groups is 1. The van der Waals surface area contributed by atoms with Crippen molar-refractivity contribution in [3.8, 4) is 0 Å². The first-order valence-corrected chi connectivity index (χ1v) is 22.2. The molecule has 0 N–H and O–H groups in total. The molecule has 0 aromatic carbocycles. The van der Waals surface area contributed by atoms with E-state index >= 15 is 0 Å². The number of carbonyl (C=O) groups is 1. The summed E-state index contributed by atoms with van der Waals surface area (Å²) in [5.41, 5.74) is 0. The Balaban J connectivity index is 4.10. The first-order valence-electron chi connectivity index (χ1n) is 20.8. The molecule has 0 radical (unpaired) electrons. The van der Waals surface area contributed by atoms with Crippen molar-refractivity contribution in [2.24, 2.45) is 0 Å². The number of ether oxygens (including phenoxy) is 2. The third-order valence-corrected chi connectivity index (χ3v) is 10.1. The minimum Gasteiger partial charge on any atom is -0.756 e. The van der Waals surface area contributed by atoms with Crippen molar-refractivity contribution in [2.75, 3.05) is 54.1 Å². The maximum Gasteiger partial charge on any atom is 0.306 e. The normalized spacial score (nSPS) is 13.8. The van der Waals surface area contributed by atoms with Crippen LogP contribution < -0.4 is 4.89 Å². The summed E-state index contributed by atoms with van der Waals surface area (Å²) in [4.78, 5) is 24.9. The molecule has 0 saturated heterocycles. The van der Waals surface area contributed by atoms with E-state index in [1.807, 2.05) is 21.1 Å². The van der Waals surface area contributed by atoms with E-state index < -0.39 is 13.9 Å². The Morgan fingerprint density at radius 2 is 0.939 bits per heavy atom. The van der Waals surface area contributed by atoms with Crippen LogP contribution in [0.4, 0.5) is 0 Å². The van der Waals surface area contributed by atoms with Gasteiger partial charge in [-0.3, -0.25) is 9.36 Å². The highest BCUT2D eigenvalue weighted by atomic mass is 31.2. The number of phosphoric ester groups is 1. The molecule has 0 bridgehead atoms. The molecule has 0 fully saturated rings. The number of likely N-dealkylation sites (N-methyl/N-ethyl adjacent to an activating group) is 1. The average Bonchev–Trinajstić information content (AvgIpc) is 3.04. The standard InChI is InChI=1S/C40H82NO7P/c1-6-8-10-12-14-16-17-18-19-20-21-22-23-24-25-26-27-29-31-33-40(42)48-39(37-45-35-32-30-28-15-13-11-9-7-2)38-47-49(43,44)46-36-34-41(3,4)5/h39H,6-38H2,1-5H3. The summed E-state index contributed by atoms with van der Waals surface area (Å²) in [7, 11) is 1.37. The van der Waals surface area contributed by atoms with Gasteiger partial charge in [-0.2, -0.15) is 0 Å². The number of rotatable bonds is 39. The fraction of sp³-hybridized carbons (Fsp3) is 0.975. The van der Waals surface area contributed by atoms with Gasteiger partial charge in [-0.1, -0.05) is 174 Å². The molecular formula is C40H82NO7P. The van der Waals surface area contributed by atoms with Gasteiger partial charge < -0.3 is 27.9 Å². The first kappa shape index (κ1) is 48.5. The Bertz CT molecular complexity index is 761. The summed E-state index contributed by atoms with van der Waals surface area (Å²) in [6.07, 6.45) is 34.0. The fourth-order valence-corrected chi connectivity index (χ4v) is 6.63. The zero-order valence-electron chi connectivity index (χ0n) is 33.2. The van der Waals surface area contributed by atoms with Crippen molar-refractivity contribution in [1.82, 2.24) is 0 Å². The van der Waals surface area contributed by atoms with E-state index in [0.29, 0.717) is 24.1 Å². The Hall–Kier alpha value is -0.500. The number of quaternary nitrogens is 1. The van der Waals surface area contributed by atoms with E-state index in [-0.39, 0.29) is 25.8 Å². The van der Waals surface area contributed by atoms with E-state index in [1.165, 1.54) is 141 Å². The minimum atomic E-state index is -4.51. The van der Waals surface area contributed by atoms with Crippen LogP contribution in [0.3, 0.4) is 0 Å². The summed E-state index contributed by atoms with van der Waals surface area (Å²) in [6.45, 7) is 5.43. The Morgan fingerprint density at radius 3 is 1.35 bits per heavy atom. The second-order valence-electron chi connectivity index (χ2n) is 15.4. The first-order chi connectivity index (χ1) is 23.6. The number of hydrogen-bond acceptors (Lipinski definition) is 7. The maximum atomic E-state index is 12.6. The smallest absolute Gasteiger partial charge is 0.306 e. The topological polar surface area (TPSA) is 94.1 Å². The van der Waals surface area contributed by atoms with Crippen molar-refractivity contribution in [3.05, 3.63) is 0 Å². The van der Waals surface area contributed by atoms with Crippen LogP contribution in [0.15, 0.2) is 0 Å². The molecule has 8 nitrogen and oxygen atoms in total. The zero-order chi connectivity index (χ0) is 36.3. The van der Waals surface area contributed by atoms with Gasteiger partial charge in [0, 0.05) is 13.0 Å². The van der Waals surface area contributed by atoms with Gasteiger partial charge in [0.1, 0.15) is 19.3 Å². The monoisotopic (exact) mass is 720 g/mol. The van der Waals surface area contributed by atoms with Crippen molar-refractivity contribution in [1.29, 1.82) is 0 Å². The van der Waals surface area contributed by atoms with Crippen LogP contribution in [0.1, 0.15) is 194 Å². The molecule has 0 heterocycles. The number of nitrogens with zero attached hydrogens (tertiary/aromatic N) is 1. The highest BCUT2D eigenvalue weighted by molar-refractivity contribution is 7.45. The third-order valence-electron chi connectivity index (χ3n) is 9.16. The Kier molecular flexibility index (Phi) is 34.2. The van der Waals surface area contributed by atoms with E-state index in [0.717, 1.165) is 32.1 Å². The number of unbranched alkanes of at least 4 members (excludes halogenated alkanes) is 25. The minimum absolute atomic E-state index is 0.0308. The molecule has 2 atom stereocenters. The number of esters is 1. The van der Waals surface area contributed by atoms with Gasteiger partial charge >= 0.3 is 5.97 Å². The van der Waals surface area contributed by atoms with Crippen molar-refractivity contribution < 1.29 is 37.3 Å². The van der Waals surface area contributed by atoms with Crippen LogP contribution in [-0.4, -0.2) is 70.7 Å². The SMILES string of the molecule is CCCCCCCCCCCCCCCCCCCCCC(=O)OC(COCCCCCCCCCC)COP(=O)([O-])OCC[N+](C)(C)C. The second kappa shape index (κ2) is 34.6. The Morgan fingerprint density at radius 1 is 0.551 bits per heavy atom. The average molecular weight is 720 g/mol. The predicted octanol–water partition coefficient (Wildman–Crippen LogP) is 11.1. The van der Waals surface area contributed by atoms with E-state index in [2.05, 4.69) is 13.8 Å². The lowest BCUT2D eigenvalue weighted by Crippen LogP contribution is -2.37. The van der Waals surface area contributed by atoms with Gasteiger partial charge in [0.15, 0.2) is 0 Å². The summed E-state index contributed by atoms with van der Waals surface area (Å²) >= 11 is 0. The van der Waals surface area contributed by atoms with Gasteiger partial charge in [0.25, 0.3) is 7.82 Å². The van der Waals surface area contributed by atoms with Crippen LogP contribution in [-0.2, 0) is 27.9 Å². The molecule has 0 aliphatic carbocycles. The van der Waals surface area contributed by atoms with Crippen molar-refractivity contribution in [3.63, 3.8) is 0 Å². The molecule has 0 rings (SSSR count). The molecule has 0 aromatic rings. The van der Waals surface area contributed by atoms with Crippen LogP contribution in [0.2, 0.25) is 0 Å². The van der Waals surface area contributed by atoms with Crippen LogP contribution in [0.5, 0.6) is 0 Å². The molecule has 9 heteroatoms. The van der Waals surface area contributed by atoms with Gasteiger partial charge in [-0.05, 0) is 12.8 Å². The molecule has 2 unspecified atom stereocenters. The lowest BCUT2D eigenvalue weighted by molar-refractivity contribution is -0.870. The maximum absolute atomic E-state index is 12.6. The molecule has 49 heavy (non-hydrogen) atoms. The van der Waals surface area contributed by atoms with E-state index in [4.69, 9.17) is 18.5 Å². The second-order valence-corrected chi connectivity index (χ2v) is 16.8. The summed E-state index contributed by atoms with van der Waals surface area (Å²) in [5, 5.41) is 0. The molecule has 0 amide bonds. The molecule has 0 aliphatic rings. The summed E-state index contributed by atoms with van der Waals surface area (Å²) < 4.78 is 34.4. The highest BCUT2D eigenvalue weighted by Crippen LogP contribution is 2.38. The van der Waals surface area contributed by atoms with Gasteiger partial charge in [0.2, 0.25) is 0 Å². The fourth-order valence-electron chi connectivity index (χ4n) is 5.90. The van der Waals surface area contributed by atoms with E-state index in [1.54, 1.807) is 0 Å². The molecule has 294 valence electrons. The van der Waals surface area contributed by atoms with Gasteiger partial charge in [-0.25, -0.2) is 0 Å². The van der Waals surface area contributed by atoms with E-state index in [9.17, 15) is 14.3 Å². The van der Waals surface area contributed by atoms with Crippen LogP contribution in [0.25, 0.3) is 0 Å². The van der Waals surface area contributed by atoms with Crippen molar-refractivity contribution >= 4 is 13.8 Å². The van der Waals surface area contributed by atoms with Crippen molar-refractivity contribution in [2.45, 2.75) is 200 Å². The van der Waals surface area contributed by atoms with Gasteiger partial charge in [-0.15, -0.1) is 0 Å². The molecule has 0 aliphatic heterocycles. The molecule has 0 aromatic heterocycles. The lowest BCUT2D eigenvalue weighted by Gasteiger charge is -2.28. The summed E-state index contributed by atoms with van der Waals surface area (Å²) in [6, 6.07) is 0. The number of hydrogen-bond donors (Lipinski definition) is 0. The highest BCUT2D eigenvalue weighted by Gasteiger charge is 2.20. The molecule has 0 saturated carbocycles.